The van der Waals surface area contributed by atoms with Gasteiger partial charge in [0, 0.05) is 56.7 Å². The number of anilines is 1. The Morgan fingerprint density at radius 2 is 1.59 bits per heavy atom. The monoisotopic (exact) mass is 375 g/mol. The number of nitrogens with zero attached hydrogens (tertiary/aromatic N) is 5. The predicted octanol–water partition coefficient (Wildman–Crippen LogP) is 1.39. The molecule has 3 fully saturated rings. The Hall–Kier alpha value is -1.28. The van der Waals surface area contributed by atoms with E-state index in [-0.39, 0.29) is 0 Å². The number of rotatable bonds is 4. The molecule has 0 spiro atoms. The number of piperidine rings is 1. The van der Waals surface area contributed by atoms with Gasteiger partial charge in [-0.25, -0.2) is 9.97 Å². The molecule has 1 aromatic heterocycles. The highest BCUT2D eigenvalue weighted by atomic mass is 16.5. The van der Waals surface area contributed by atoms with Gasteiger partial charge in [-0.2, -0.15) is 0 Å². The first-order valence-electron chi connectivity index (χ1n) is 10.4. The lowest BCUT2D eigenvalue weighted by atomic mass is 10.0. The van der Waals surface area contributed by atoms with Gasteiger partial charge < -0.3 is 14.4 Å². The van der Waals surface area contributed by atoms with Crippen LogP contribution in [0.1, 0.15) is 32.3 Å². The van der Waals surface area contributed by atoms with Crippen molar-refractivity contribution in [1.82, 2.24) is 19.8 Å². The summed E-state index contributed by atoms with van der Waals surface area (Å²) in [6.45, 7) is 13.1. The van der Waals surface area contributed by atoms with Gasteiger partial charge in [0.15, 0.2) is 0 Å². The highest BCUT2D eigenvalue weighted by Gasteiger charge is 2.30. The Kier molecular flexibility index (Phi) is 6.22. The number of morpholine rings is 2. The molecule has 7 heteroatoms. The largest absolute Gasteiger partial charge is 0.378 e. The van der Waals surface area contributed by atoms with E-state index in [1.807, 2.05) is 12.4 Å². The summed E-state index contributed by atoms with van der Waals surface area (Å²) in [5, 5.41) is 0. The molecule has 4 rings (SSSR count). The fraction of sp³-hybridized carbons (Fsp3) is 0.800. The van der Waals surface area contributed by atoms with Crippen molar-refractivity contribution in [3.63, 3.8) is 0 Å². The van der Waals surface area contributed by atoms with Crippen LogP contribution in [0.3, 0.4) is 0 Å². The second kappa shape index (κ2) is 8.82. The Morgan fingerprint density at radius 3 is 2.22 bits per heavy atom. The van der Waals surface area contributed by atoms with Gasteiger partial charge in [0.2, 0.25) is 5.95 Å². The maximum Gasteiger partial charge on any atom is 0.225 e. The molecule has 1 aromatic rings. The summed E-state index contributed by atoms with van der Waals surface area (Å²) in [5.41, 5.74) is 1.21. The van der Waals surface area contributed by atoms with Gasteiger partial charge in [-0.3, -0.25) is 9.80 Å². The number of aromatic nitrogens is 2. The van der Waals surface area contributed by atoms with Crippen LogP contribution in [-0.2, 0) is 16.0 Å². The van der Waals surface area contributed by atoms with E-state index in [4.69, 9.17) is 9.47 Å². The van der Waals surface area contributed by atoms with E-state index in [1.165, 1.54) is 18.4 Å². The molecule has 4 heterocycles. The molecule has 0 bridgehead atoms. The third-order valence-corrected chi connectivity index (χ3v) is 5.91. The van der Waals surface area contributed by atoms with E-state index in [9.17, 15) is 0 Å². The first-order chi connectivity index (χ1) is 13.2. The highest BCUT2D eigenvalue weighted by Crippen LogP contribution is 2.22. The zero-order valence-corrected chi connectivity index (χ0v) is 16.7. The number of likely N-dealkylation sites (tertiary alicyclic amines) is 1. The Labute approximate surface area is 162 Å². The number of hydrogen-bond acceptors (Lipinski definition) is 7. The van der Waals surface area contributed by atoms with Crippen LogP contribution in [0.2, 0.25) is 0 Å². The fourth-order valence-corrected chi connectivity index (χ4v) is 4.57. The van der Waals surface area contributed by atoms with E-state index in [0.29, 0.717) is 18.2 Å². The van der Waals surface area contributed by atoms with E-state index >= 15 is 0 Å². The molecular formula is C20H33N5O2. The maximum atomic E-state index is 5.88. The summed E-state index contributed by atoms with van der Waals surface area (Å²) in [7, 11) is 0. The standard InChI is InChI=1S/C20H33N5O2/c1-16-13-25(14-17(2)27-16)19-3-5-23(6-4-19)15-18-11-21-20(22-12-18)24-7-9-26-10-8-24/h11-12,16-17,19H,3-10,13-15H2,1-2H3/t16-,17-/m0/s1. The average Bonchev–Trinajstić information content (AvgIpc) is 2.69. The van der Waals surface area contributed by atoms with Gasteiger partial charge in [-0.15, -0.1) is 0 Å². The van der Waals surface area contributed by atoms with Gasteiger partial charge in [-0.05, 0) is 39.8 Å². The molecule has 0 amide bonds. The molecule has 0 aromatic carbocycles. The SMILES string of the molecule is C[C@H]1CN(C2CCN(Cc3cnc(N4CCOCC4)nc3)CC2)C[C@H](C)O1. The third kappa shape index (κ3) is 4.96. The van der Waals surface area contributed by atoms with Crippen LogP contribution in [0, 0.1) is 0 Å². The van der Waals surface area contributed by atoms with E-state index in [2.05, 4.69) is 38.5 Å². The lowest BCUT2D eigenvalue weighted by Gasteiger charge is -2.43. The Morgan fingerprint density at radius 1 is 0.963 bits per heavy atom. The molecule has 0 aliphatic carbocycles. The Balaban J connectivity index is 1.25. The molecule has 150 valence electrons. The van der Waals surface area contributed by atoms with Crippen molar-refractivity contribution in [3.8, 4) is 0 Å². The summed E-state index contributed by atoms with van der Waals surface area (Å²) in [6, 6.07) is 0.704. The number of hydrogen-bond donors (Lipinski definition) is 0. The summed E-state index contributed by atoms with van der Waals surface area (Å²) < 4.78 is 11.3. The highest BCUT2D eigenvalue weighted by molar-refractivity contribution is 5.30. The molecule has 3 saturated heterocycles. The van der Waals surface area contributed by atoms with Crippen molar-refractivity contribution in [2.75, 3.05) is 57.4 Å². The topological polar surface area (TPSA) is 54.0 Å². The molecule has 27 heavy (non-hydrogen) atoms. The quantitative estimate of drug-likeness (QED) is 0.788. The maximum absolute atomic E-state index is 5.88. The van der Waals surface area contributed by atoms with Crippen LogP contribution >= 0.6 is 0 Å². The molecule has 2 atom stereocenters. The van der Waals surface area contributed by atoms with Gasteiger partial charge in [0.05, 0.1) is 25.4 Å². The second-order valence-electron chi connectivity index (χ2n) is 8.21. The summed E-state index contributed by atoms with van der Waals surface area (Å²) in [5.74, 6) is 0.830. The van der Waals surface area contributed by atoms with Crippen molar-refractivity contribution >= 4 is 5.95 Å². The lowest BCUT2D eigenvalue weighted by molar-refractivity contribution is -0.0865. The van der Waals surface area contributed by atoms with Crippen LogP contribution in [-0.4, -0.2) is 90.5 Å². The molecule has 7 nitrogen and oxygen atoms in total. The average molecular weight is 376 g/mol. The van der Waals surface area contributed by atoms with Crippen LogP contribution in [0.5, 0.6) is 0 Å². The van der Waals surface area contributed by atoms with Gasteiger partial charge in [0.1, 0.15) is 0 Å². The van der Waals surface area contributed by atoms with Crippen LogP contribution in [0.15, 0.2) is 12.4 Å². The van der Waals surface area contributed by atoms with Crippen molar-refractivity contribution in [2.24, 2.45) is 0 Å². The van der Waals surface area contributed by atoms with Crippen molar-refractivity contribution in [2.45, 2.75) is 51.5 Å². The smallest absolute Gasteiger partial charge is 0.225 e. The van der Waals surface area contributed by atoms with Gasteiger partial charge >= 0.3 is 0 Å². The normalized spacial score (nSPS) is 29.2. The van der Waals surface area contributed by atoms with Crippen molar-refractivity contribution < 1.29 is 9.47 Å². The van der Waals surface area contributed by atoms with Gasteiger partial charge in [0.25, 0.3) is 0 Å². The molecule has 0 unspecified atom stereocenters. The minimum atomic E-state index is 0.355. The predicted molar refractivity (Wildman–Crippen MR) is 105 cm³/mol. The third-order valence-electron chi connectivity index (χ3n) is 5.91. The summed E-state index contributed by atoms with van der Waals surface area (Å²) in [6.07, 6.45) is 7.19. The van der Waals surface area contributed by atoms with Crippen LogP contribution in [0.25, 0.3) is 0 Å². The minimum Gasteiger partial charge on any atom is -0.378 e. The van der Waals surface area contributed by atoms with Crippen molar-refractivity contribution in [1.29, 1.82) is 0 Å². The van der Waals surface area contributed by atoms with Crippen LogP contribution < -0.4 is 4.90 Å². The fourth-order valence-electron chi connectivity index (χ4n) is 4.57. The Bertz CT molecular complexity index is 575. The first kappa shape index (κ1) is 19.1. The second-order valence-corrected chi connectivity index (χ2v) is 8.21. The van der Waals surface area contributed by atoms with Crippen LogP contribution in [0.4, 0.5) is 5.95 Å². The molecule has 3 aliphatic heterocycles. The van der Waals surface area contributed by atoms with Gasteiger partial charge in [-0.1, -0.05) is 0 Å². The number of ether oxygens (including phenoxy) is 2. The van der Waals surface area contributed by atoms with E-state index in [0.717, 1.165) is 65.0 Å². The van der Waals surface area contributed by atoms with E-state index in [1.54, 1.807) is 0 Å². The zero-order chi connectivity index (χ0) is 18.6. The molecule has 0 N–H and O–H groups in total. The summed E-state index contributed by atoms with van der Waals surface area (Å²) >= 11 is 0. The van der Waals surface area contributed by atoms with Crippen molar-refractivity contribution in [3.05, 3.63) is 18.0 Å². The molecule has 3 aliphatic rings. The molecule has 0 radical (unpaired) electrons. The van der Waals surface area contributed by atoms with E-state index < -0.39 is 0 Å². The zero-order valence-electron chi connectivity index (χ0n) is 16.7. The summed E-state index contributed by atoms with van der Waals surface area (Å²) in [4.78, 5) is 16.6. The molecular weight excluding hydrogens is 342 g/mol. The molecule has 0 saturated carbocycles. The minimum absolute atomic E-state index is 0.355. The lowest BCUT2D eigenvalue weighted by Crippen LogP contribution is -2.53. The first-order valence-corrected chi connectivity index (χ1v) is 10.4.